The molecule has 6 amide bonds. The number of aromatic nitrogens is 1. The van der Waals surface area contributed by atoms with Gasteiger partial charge in [-0.05, 0) is 72.7 Å². The van der Waals surface area contributed by atoms with Gasteiger partial charge in [0.2, 0.25) is 17.7 Å². The lowest BCUT2D eigenvalue weighted by molar-refractivity contribution is -0.878. The highest BCUT2D eigenvalue weighted by atomic mass is 32.2. The number of nitro benzene ring substituents is 1. The van der Waals surface area contributed by atoms with Gasteiger partial charge in [0.1, 0.15) is 37.1 Å². The Morgan fingerprint density at radius 3 is 2.02 bits per heavy atom. The summed E-state index contributed by atoms with van der Waals surface area (Å²) in [5.41, 5.74) is 3.13. The molecule has 31 nitrogen and oxygen atoms in total. The summed E-state index contributed by atoms with van der Waals surface area (Å²) in [5.74, 6) is -9.41. The van der Waals surface area contributed by atoms with Gasteiger partial charge in [0.25, 0.3) is 23.4 Å². The first-order valence-corrected chi connectivity index (χ1v) is 35.3. The molecule has 99 heavy (non-hydrogen) atoms. The molecule has 0 radical (unpaired) electrons. The maximum absolute atomic E-state index is 17.6. The van der Waals surface area contributed by atoms with Gasteiger partial charge in [0.05, 0.1) is 142 Å². The van der Waals surface area contributed by atoms with Gasteiger partial charge >= 0.3 is 13.1 Å². The molecule has 4 unspecified atom stereocenters. The molecule has 5 N–H and O–H groups in total. The first-order valence-electron chi connectivity index (χ1n) is 31.3. The monoisotopic (exact) mass is 1440 g/mol. The van der Waals surface area contributed by atoms with E-state index in [-0.39, 0.29) is 72.7 Å². The number of likely N-dealkylation sites (N-methyl/N-ethyl adjacent to an activating group) is 1. The number of hydrogen-bond acceptors (Lipinski definition) is 21. The van der Waals surface area contributed by atoms with Gasteiger partial charge < -0.3 is 80.8 Å². The van der Waals surface area contributed by atoms with E-state index in [4.69, 9.17) is 18.9 Å². The SMILES string of the molecule is COc1cc(C(C)OC(=O)ON2C(=O)CCC2=O)c([N+](=O)[O-])cc1OCC[NH+](C)CCNC(=O)C(CS(=O)(=O)[O-])NC(=O)CNC(=O)C(CS(=O)(=O)[O-])NC(=O)COc1ccc(/C=C/c2cc(CCC[N+](C)(C)C)c3n2[B-](F)(F)[N+]2=C(c4cccs4)C=C(CCC[N+](C)(C)C)C2=C3)cc1. The van der Waals surface area contributed by atoms with Crippen LogP contribution in [0.3, 0.4) is 0 Å². The Kier molecular flexibility index (Phi) is 25.6. The predicted octanol–water partition coefficient (Wildman–Crippen LogP) is 1.32. The average Bonchev–Trinajstić information content (AvgIpc) is 1.56. The minimum atomic E-state index is -5.25. The molecule has 2 aromatic carbocycles. The summed E-state index contributed by atoms with van der Waals surface area (Å²) >= 11 is 1.39. The first kappa shape index (κ1) is 77.4. The molecule has 1 saturated heterocycles. The quantitative estimate of drug-likeness (QED) is 0.00815. The third-order valence-corrected chi connectivity index (χ3v) is 18.1. The van der Waals surface area contributed by atoms with E-state index < -0.39 is 122 Å². The normalized spacial score (nSPS) is 15.8. The fraction of sp³-hybridized carbons (Fsp3) is 0.452. The summed E-state index contributed by atoms with van der Waals surface area (Å²) in [4.78, 5) is 106. The Labute approximate surface area is 574 Å². The number of aryl methyl sites for hydroxylation is 1. The molecule has 3 aliphatic rings. The molecule has 1 fully saturated rings. The third kappa shape index (κ3) is 22.3. The standard InChI is InChI=1S/C62H80BF2N11O20S3/c1-40(95-62(83)96-73-58(79)22-23-59(73)80)46-33-53(92-9)54(35-51(46)74(84)85)93-29-26-70(2)25-24-66-60(81)47(38-98(86,87)88)68-56(77)36-67-61(82)48(39-99(89,90)91)69-57(78)37-94-45-20-17-41(18-21-45)16-19-44-31-42(13-10-27-75(3,4)5)49-34-50-43(14-11-28-76(6,7)8)32-52(55-15-12-30-97-55)72(50)63(64,65)71(44)49/h12,15-21,30-35,40,47-48H,10-11,13-14,22-29,36-39H2,1-9H3,(H4-2,66,67,68,69,77,78,81,82,86,87,88,89,90,91)/p+1/b19-16+. The number of nitrogens with one attached hydrogen (secondary N) is 5. The third-order valence-electron chi connectivity index (χ3n) is 15.8. The molecule has 4 atom stereocenters. The molecule has 2 aromatic heterocycles. The van der Waals surface area contributed by atoms with Crippen LogP contribution in [-0.2, 0) is 65.0 Å². The molecule has 4 aromatic rings. The molecule has 0 saturated carbocycles. The van der Waals surface area contributed by atoms with Gasteiger partial charge in [-0.15, -0.1) is 11.3 Å². The average molecular weight is 1450 g/mol. The van der Waals surface area contributed by atoms with Crippen molar-refractivity contribution >= 4 is 110 Å². The zero-order chi connectivity index (χ0) is 73.0. The fourth-order valence-electron chi connectivity index (χ4n) is 10.9. The number of allylic oxidation sites excluding steroid dienone is 2. The van der Waals surface area contributed by atoms with Crippen molar-refractivity contribution < 1.29 is 115 Å². The van der Waals surface area contributed by atoms with Crippen LogP contribution in [0.1, 0.15) is 78.1 Å². The van der Waals surface area contributed by atoms with E-state index in [0.717, 1.165) is 57.0 Å². The number of quaternary nitrogens is 3. The topological polar surface area (TPSA) is 387 Å². The number of halogens is 2. The summed E-state index contributed by atoms with van der Waals surface area (Å²) in [6.07, 6.45) is 6.60. The van der Waals surface area contributed by atoms with E-state index in [1.54, 1.807) is 37.4 Å². The van der Waals surface area contributed by atoms with Gasteiger partial charge in [-0.1, -0.05) is 29.3 Å². The number of nitro groups is 1. The highest BCUT2D eigenvalue weighted by Gasteiger charge is 2.55. The lowest BCUT2D eigenvalue weighted by Crippen LogP contribution is -3.10. The molecule has 0 bridgehead atoms. The Morgan fingerprint density at radius 2 is 1.43 bits per heavy atom. The van der Waals surface area contributed by atoms with E-state index in [1.165, 1.54) is 48.1 Å². The number of thiophene rings is 1. The van der Waals surface area contributed by atoms with Crippen molar-refractivity contribution in [3.8, 4) is 17.2 Å². The van der Waals surface area contributed by atoms with Crippen LogP contribution in [-0.4, -0.2) is 241 Å². The molecular formula is C62H81BF2N11O20S3+. The largest absolute Gasteiger partial charge is 0.748 e. The van der Waals surface area contributed by atoms with Crippen LogP contribution < -0.4 is 40.4 Å². The smallest absolute Gasteiger partial charge is 0.737 e. The van der Waals surface area contributed by atoms with Crippen LogP contribution >= 0.6 is 11.3 Å². The summed E-state index contributed by atoms with van der Waals surface area (Å²) in [6, 6.07) is 9.67. The van der Waals surface area contributed by atoms with E-state index in [0.29, 0.717) is 44.9 Å². The number of rotatable bonds is 36. The highest BCUT2D eigenvalue weighted by molar-refractivity contribution is 7.86. The van der Waals surface area contributed by atoms with Crippen LogP contribution in [0.5, 0.6) is 17.2 Å². The Balaban J connectivity index is 0.913. The van der Waals surface area contributed by atoms with Gasteiger partial charge in [-0.25, -0.2) is 21.6 Å². The maximum Gasteiger partial charge on any atom is 0.737 e. The molecule has 538 valence electrons. The Hall–Kier alpha value is -8.98. The first-order chi connectivity index (χ1) is 46.3. The predicted molar refractivity (Wildman–Crippen MR) is 355 cm³/mol. The second-order valence-electron chi connectivity index (χ2n) is 25.8. The minimum Gasteiger partial charge on any atom is -0.748 e. The molecule has 7 rings (SSSR count). The van der Waals surface area contributed by atoms with E-state index in [1.807, 2.05) is 40.3 Å². The lowest BCUT2D eigenvalue weighted by atomic mass is 9.88. The number of ether oxygens (including phenoxy) is 4. The lowest BCUT2D eigenvalue weighted by Gasteiger charge is -2.31. The number of imide groups is 1. The van der Waals surface area contributed by atoms with Gasteiger partial charge in [-0.3, -0.25) is 43.7 Å². The number of amides is 6. The molecule has 37 heteroatoms. The number of methoxy groups -OCH3 is 1. The van der Waals surface area contributed by atoms with E-state index in [2.05, 4.69) is 57.8 Å². The Bertz CT molecular complexity index is 4060. The van der Waals surface area contributed by atoms with Crippen molar-refractivity contribution in [3.63, 3.8) is 0 Å². The number of nitrogens with zero attached hydrogens (tertiary/aromatic N) is 6. The number of hydroxylamine groups is 2. The van der Waals surface area contributed by atoms with Crippen molar-refractivity contribution in [2.24, 2.45) is 0 Å². The summed E-state index contributed by atoms with van der Waals surface area (Å²) < 4.78 is 132. The molecule has 3 aliphatic heterocycles. The minimum absolute atomic E-state index is 0.0235. The van der Waals surface area contributed by atoms with Gasteiger partial charge in [0.15, 0.2) is 29.5 Å². The molecule has 0 spiro atoms. The van der Waals surface area contributed by atoms with Crippen LogP contribution in [0.15, 0.2) is 77.3 Å². The van der Waals surface area contributed by atoms with Crippen molar-refractivity contribution in [3.05, 3.63) is 120 Å². The second-order valence-corrected chi connectivity index (χ2v) is 29.6. The van der Waals surface area contributed by atoms with Crippen molar-refractivity contribution in [2.45, 2.75) is 63.6 Å². The maximum atomic E-state index is 17.6. The van der Waals surface area contributed by atoms with Crippen molar-refractivity contribution in [2.75, 3.05) is 120 Å². The summed E-state index contributed by atoms with van der Waals surface area (Å²) in [5, 5.41) is 22.6. The van der Waals surface area contributed by atoms with Gasteiger partial charge in [-0.2, -0.15) is 0 Å². The molecule has 5 heterocycles. The van der Waals surface area contributed by atoms with Crippen molar-refractivity contribution in [1.29, 1.82) is 0 Å². The zero-order valence-electron chi connectivity index (χ0n) is 56.0. The van der Waals surface area contributed by atoms with Crippen LogP contribution in [0.2, 0.25) is 0 Å². The van der Waals surface area contributed by atoms with Crippen molar-refractivity contribution in [1.82, 2.24) is 30.8 Å². The van der Waals surface area contributed by atoms with Gasteiger partial charge in [0, 0.05) is 54.8 Å². The Morgan fingerprint density at radius 1 is 0.818 bits per heavy atom. The number of carbonyl (C=O) groups is 7. The second kappa shape index (κ2) is 32.8. The van der Waals surface area contributed by atoms with Crippen LogP contribution in [0.4, 0.5) is 19.1 Å². The number of fused-ring (bicyclic) bond motifs is 2. The number of carbonyl (C=O) groups excluding carboxylic acids is 7. The highest BCUT2D eigenvalue weighted by Crippen LogP contribution is 2.42. The fourth-order valence-corrected chi connectivity index (χ4v) is 12.9. The van der Waals surface area contributed by atoms with Crippen LogP contribution in [0, 0.1) is 10.1 Å². The number of hydrogen-bond donors (Lipinski definition) is 5. The number of benzene rings is 2. The summed E-state index contributed by atoms with van der Waals surface area (Å²) in [7, 11) is 4.93. The molecule has 0 aliphatic carbocycles. The summed E-state index contributed by atoms with van der Waals surface area (Å²) in [6.45, 7) is -3.44. The van der Waals surface area contributed by atoms with E-state index >= 15 is 8.63 Å². The van der Waals surface area contributed by atoms with E-state index in [9.17, 15) is 69.6 Å². The zero-order valence-corrected chi connectivity index (χ0v) is 58.5. The molecular weight excluding hydrogens is 1360 g/mol. The van der Waals surface area contributed by atoms with Crippen LogP contribution in [0.25, 0.3) is 18.2 Å².